The molecule has 1 heterocycles. The minimum absolute atomic E-state index is 0.206. The Bertz CT molecular complexity index is 367. The smallest absolute Gasteiger partial charge is 0.0300 e. The molecule has 3 N–H and O–H groups in total. The molecule has 1 aliphatic rings. The Hall–Kier alpha value is -0.860. The van der Waals surface area contributed by atoms with E-state index in [1.54, 1.807) is 0 Å². The molecule has 1 aliphatic heterocycles. The van der Waals surface area contributed by atoms with Gasteiger partial charge in [-0.05, 0) is 63.2 Å². The minimum atomic E-state index is 0.206. The van der Waals surface area contributed by atoms with E-state index in [-0.39, 0.29) is 6.04 Å². The van der Waals surface area contributed by atoms with Crippen molar-refractivity contribution in [3.05, 3.63) is 34.9 Å². The second-order valence-corrected chi connectivity index (χ2v) is 5.40. The van der Waals surface area contributed by atoms with Crippen LogP contribution in [0.5, 0.6) is 0 Å². The van der Waals surface area contributed by atoms with Gasteiger partial charge >= 0.3 is 0 Å². The summed E-state index contributed by atoms with van der Waals surface area (Å²) in [6.07, 6.45) is 3.68. The van der Waals surface area contributed by atoms with Gasteiger partial charge in [-0.15, -0.1) is 0 Å². The van der Waals surface area contributed by atoms with Crippen molar-refractivity contribution in [2.45, 2.75) is 39.2 Å². The van der Waals surface area contributed by atoms with Crippen molar-refractivity contribution in [1.82, 2.24) is 5.32 Å². The van der Waals surface area contributed by atoms with E-state index in [2.05, 4.69) is 37.4 Å². The molecule has 1 aromatic carbocycles. The average molecular weight is 232 g/mol. The van der Waals surface area contributed by atoms with Crippen LogP contribution in [-0.2, 0) is 0 Å². The molecular weight excluding hydrogens is 208 g/mol. The summed E-state index contributed by atoms with van der Waals surface area (Å²) in [5.74, 6) is 0.797. The van der Waals surface area contributed by atoms with Crippen molar-refractivity contribution in [2.24, 2.45) is 11.7 Å². The third kappa shape index (κ3) is 3.30. The summed E-state index contributed by atoms with van der Waals surface area (Å²) in [4.78, 5) is 0. The molecule has 2 heteroatoms. The molecule has 1 unspecified atom stereocenters. The fourth-order valence-electron chi connectivity index (χ4n) is 2.76. The number of piperidine rings is 1. The zero-order chi connectivity index (χ0) is 12.3. The van der Waals surface area contributed by atoms with Crippen LogP contribution in [0.4, 0.5) is 0 Å². The molecule has 1 aromatic rings. The summed E-state index contributed by atoms with van der Waals surface area (Å²) in [5, 5.41) is 3.41. The van der Waals surface area contributed by atoms with Crippen molar-refractivity contribution >= 4 is 0 Å². The first-order valence-corrected chi connectivity index (χ1v) is 6.70. The number of hydrogen-bond acceptors (Lipinski definition) is 2. The number of aryl methyl sites for hydroxylation is 2. The predicted molar refractivity (Wildman–Crippen MR) is 73.1 cm³/mol. The Kier molecular flexibility index (Phi) is 4.19. The second kappa shape index (κ2) is 5.65. The lowest BCUT2D eigenvalue weighted by molar-refractivity contribution is 0.332. The maximum Gasteiger partial charge on any atom is 0.0300 e. The monoisotopic (exact) mass is 232 g/mol. The van der Waals surface area contributed by atoms with E-state index in [1.165, 1.54) is 29.5 Å². The molecular formula is C15H24N2. The van der Waals surface area contributed by atoms with Gasteiger partial charge < -0.3 is 11.1 Å². The molecule has 0 spiro atoms. The first-order valence-electron chi connectivity index (χ1n) is 6.70. The maximum atomic E-state index is 6.38. The molecule has 2 rings (SSSR count). The van der Waals surface area contributed by atoms with Gasteiger partial charge in [0.1, 0.15) is 0 Å². The topological polar surface area (TPSA) is 38.0 Å². The predicted octanol–water partition coefficient (Wildman–Crippen LogP) is 2.69. The van der Waals surface area contributed by atoms with Crippen molar-refractivity contribution in [1.29, 1.82) is 0 Å². The van der Waals surface area contributed by atoms with E-state index in [0.717, 1.165) is 25.4 Å². The van der Waals surface area contributed by atoms with Crippen LogP contribution in [0, 0.1) is 19.8 Å². The highest BCUT2D eigenvalue weighted by Crippen LogP contribution is 2.27. The van der Waals surface area contributed by atoms with Crippen molar-refractivity contribution in [3.8, 4) is 0 Å². The highest BCUT2D eigenvalue weighted by molar-refractivity contribution is 5.32. The lowest BCUT2D eigenvalue weighted by Crippen LogP contribution is -2.29. The SMILES string of the molecule is Cc1ccc(C)c(C(N)CC2CCNCC2)c1. The molecule has 1 saturated heterocycles. The largest absolute Gasteiger partial charge is 0.324 e. The molecule has 1 fully saturated rings. The van der Waals surface area contributed by atoms with Gasteiger partial charge in [0, 0.05) is 6.04 Å². The first-order chi connectivity index (χ1) is 8.16. The first kappa shape index (κ1) is 12.6. The highest BCUT2D eigenvalue weighted by Gasteiger charge is 2.18. The van der Waals surface area contributed by atoms with Gasteiger partial charge in [0.15, 0.2) is 0 Å². The Morgan fingerprint density at radius 1 is 1.29 bits per heavy atom. The molecule has 17 heavy (non-hydrogen) atoms. The summed E-state index contributed by atoms with van der Waals surface area (Å²) < 4.78 is 0. The van der Waals surface area contributed by atoms with Crippen LogP contribution in [0.1, 0.15) is 42.0 Å². The second-order valence-electron chi connectivity index (χ2n) is 5.40. The standard InChI is InChI=1S/C15H24N2/c1-11-3-4-12(2)14(9-11)15(16)10-13-5-7-17-8-6-13/h3-4,9,13,15,17H,5-8,10,16H2,1-2H3. The van der Waals surface area contributed by atoms with E-state index in [1.807, 2.05) is 0 Å². The molecule has 0 saturated carbocycles. The lowest BCUT2D eigenvalue weighted by Gasteiger charge is -2.26. The van der Waals surface area contributed by atoms with Crippen LogP contribution in [0.2, 0.25) is 0 Å². The van der Waals surface area contributed by atoms with Gasteiger partial charge in [0.25, 0.3) is 0 Å². The molecule has 2 nitrogen and oxygen atoms in total. The van der Waals surface area contributed by atoms with Gasteiger partial charge in [-0.2, -0.15) is 0 Å². The van der Waals surface area contributed by atoms with Gasteiger partial charge in [-0.3, -0.25) is 0 Å². The Morgan fingerprint density at radius 3 is 2.71 bits per heavy atom. The normalized spacial score (nSPS) is 19.2. The lowest BCUT2D eigenvalue weighted by atomic mass is 9.87. The van der Waals surface area contributed by atoms with Crippen LogP contribution in [0.25, 0.3) is 0 Å². The summed E-state index contributed by atoms with van der Waals surface area (Å²) >= 11 is 0. The van der Waals surface area contributed by atoms with Gasteiger partial charge in [0.2, 0.25) is 0 Å². The number of nitrogens with two attached hydrogens (primary N) is 1. The van der Waals surface area contributed by atoms with Gasteiger partial charge in [-0.25, -0.2) is 0 Å². The third-order valence-electron chi connectivity index (χ3n) is 3.88. The number of hydrogen-bond donors (Lipinski definition) is 2. The van der Waals surface area contributed by atoms with E-state index in [0.29, 0.717) is 0 Å². The summed E-state index contributed by atoms with van der Waals surface area (Å²) in [5.41, 5.74) is 10.4. The average Bonchev–Trinajstić information content (AvgIpc) is 2.33. The number of nitrogens with one attached hydrogen (secondary N) is 1. The van der Waals surface area contributed by atoms with Crippen molar-refractivity contribution < 1.29 is 0 Å². The number of benzene rings is 1. The molecule has 0 bridgehead atoms. The maximum absolute atomic E-state index is 6.38. The summed E-state index contributed by atoms with van der Waals surface area (Å²) in [7, 11) is 0. The third-order valence-corrected chi connectivity index (χ3v) is 3.88. The Labute approximate surface area is 105 Å². The molecule has 0 aromatic heterocycles. The molecule has 0 amide bonds. The molecule has 94 valence electrons. The Morgan fingerprint density at radius 2 is 2.00 bits per heavy atom. The van der Waals surface area contributed by atoms with Crippen LogP contribution in [0.3, 0.4) is 0 Å². The summed E-state index contributed by atoms with van der Waals surface area (Å²) in [6, 6.07) is 6.81. The molecule has 0 aliphatic carbocycles. The van der Waals surface area contributed by atoms with Gasteiger partial charge in [0.05, 0.1) is 0 Å². The van der Waals surface area contributed by atoms with E-state index < -0.39 is 0 Å². The zero-order valence-electron chi connectivity index (χ0n) is 11.0. The van der Waals surface area contributed by atoms with Crippen LogP contribution >= 0.6 is 0 Å². The highest BCUT2D eigenvalue weighted by atomic mass is 14.9. The fraction of sp³-hybridized carbons (Fsp3) is 0.600. The molecule has 1 atom stereocenters. The minimum Gasteiger partial charge on any atom is -0.324 e. The Balaban J connectivity index is 2.02. The van der Waals surface area contributed by atoms with Crippen molar-refractivity contribution in [3.63, 3.8) is 0 Å². The van der Waals surface area contributed by atoms with Gasteiger partial charge in [-0.1, -0.05) is 23.8 Å². The fourth-order valence-corrected chi connectivity index (χ4v) is 2.76. The zero-order valence-corrected chi connectivity index (χ0v) is 11.0. The van der Waals surface area contributed by atoms with E-state index in [9.17, 15) is 0 Å². The van der Waals surface area contributed by atoms with Crippen LogP contribution < -0.4 is 11.1 Å². The summed E-state index contributed by atoms with van der Waals surface area (Å²) in [6.45, 7) is 6.62. The quantitative estimate of drug-likeness (QED) is 0.841. The number of rotatable bonds is 3. The van der Waals surface area contributed by atoms with Crippen molar-refractivity contribution in [2.75, 3.05) is 13.1 Å². The van der Waals surface area contributed by atoms with Crippen LogP contribution in [0.15, 0.2) is 18.2 Å². The van der Waals surface area contributed by atoms with Crippen LogP contribution in [-0.4, -0.2) is 13.1 Å². The van der Waals surface area contributed by atoms with E-state index >= 15 is 0 Å². The molecule has 0 radical (unpaired) electrons. The van der Waals surface area contributed by atoms with E-state index in [4.69, 9.17) is 5.73 Å².